The maximum Gasteiger partial charge on any atom is 0.342 e. The number of esters is 6. The number of ether oxygens (including phenoxy) is 6. The van der Waals surface area contributed by atoms with Crippen LogP contribution in [0.4, 0.5) is 0 Å². The highest BCUT2D eigenvalue weighted by Gasteiger charge is 2.84. The van der Waals surface area contributed by atoms with Gasteiger partial charge in [-0.05, 0) is 5.92 Å². The van der Waals surface area contributed by atoms with Gasteiger partial charge in [-0.2, -0.15) is 0 Å². The average Bonchev–Trinajstić information content (AvgIpc) is 3.07. The molecule has 4 atom stereocenters. The second-order valence-electron chi connectivity index (χ2n) is 8.51. The van der Waals surface area contributed by atoms with Crippen LogP contribution in [-0.4, -0.2) is 90.0 Å². The number of hydrogen-bond donors (Lipinski definition) is 0. The number of methoxy groups -OCH3 is 6. The molecule has 0 aliphatic heterocycles. The molecule has 14 heteroatoms. The lowest BCUT2D eigenvalue weighted by Gasteiger charge is -2.49. The summed E-state index contributed by atoms with van der Waals surface area (Å²) in [6.45, 7) is 0. The van der Waals surface area contributed by atoms with E-state index in [1.54, 1.807) is 0 Å². The second kappa shape index (κ2) is 9.84. The van der Waals surface area contributed by atoms with Gasteiger partial charge in [-0.25, -0.2) is 19.2 Å². The van der Waals surface area contributed by atoms with E-state index in [-0.39, 0.29) is 0 Å². The Morgan fingerprint density at radius 2 is 1.13 bits per heavy atom. The lowest BCUT2D eigenvalue weighted by atomic mass is 9.48. The van der Waals surface area contributed by atoms with E-state index in [0.29, 0.717) is 0 Å². The highest BCUT2D eigenvalue weighted by molar-refractivity contribution is 6.29. The monoisotopic (exact) mass is 536 g/mol. The number of hydrogen-bond acceptors (Lipinski definition) is 14. The van der Waals surface area contributed by atoms with Crippen molar-refractivity contribution >= 4 is 47.4 Å². The van der Waals surface area contributed by atoms with Gasteiger partial charge in [-0.3, -0.25) is 19.2 Å². The van der Waals surface area contributed by atoms with Crippen LogP contribution < -0.4 is 0 Å². The van der Waals surface area contributed by atoms with E-state index in [4.69, 9.17) is 28.4 Å². The fourth-order valence-corrected chi connectivity index (χ4v) is 6.14. The zero-order valence-electron chi connectivity index (χ0n) is 21.3. The molecule has 1 saturated carbocycles. The summed E-state index contributed by atoms with van der Waals surface area (Å²) in [4.78, 5) is 108. The van der Waals surface area contributed by atoms with Crippen molar-refractivity contribution in [2.45, 2.75) is 12.8 Å². The van der Waals surface area contributed by atoms with Gasteiger partial charge in [0.05, 0.1) is 59.4 Å². The molecule has 204 valence electrons. The lowest BCUT2D eigenvalue weighted by molar-refractivity contribution is -0.179. The van der Waals surface area contributed by atoms with Crippen molar-refractivity contribution in [1.82, 2.24) is 0 Å². The van der Waals surface area contributed by atoms with Gasteiger partial charge in [0.25, 0.3) is 0 Å². The average molecular weight is 536 g/mol. The first-order chi connectivity index (χ1) is 17.9. The SMILES string of the molecule is COC(=O)C1=C(C(=O)OC)C2(C(=O)OC)C3CC(=O)C2(C(=O)OC)C(C(=O)OC)=C(C(=O)OC)C3CC1=O. The predicted molar refractivity (Wildman–Crippen MR) is 117 cm³/mol. The number of carbonyl (C=O) groups excluding carboxylic acids is 8. The van der Waals surface area contributed by atoms with Crippen molar-refractivity contribution in [1.29, 1.82) is 0 Å². The highest BCUT2D eigenvalue weighted by atomic mass is 16.5. The smallest absolute Gasteiger partial charge is 0.342 e. The Bertz CT molecular complexity index is 1250. The van der Waals surface area contributed by atoms with E-state index in [2.05, 4.69) is 0 Å². The number of Topliss-reactive ketones (excluding diaryl/α,β-unsaturated/α-hetero) is 2. The van der Waals surface area contributed by atoms with Gasteiger partial charge in [-0.15, -0.1) is 0 Å². The summed E-state index contributed by atoms with van der Waals surface area (Å²) in [5.74, 6) is -13.8. The van der Waals surface area contributed by atoms with Crippen molar-refractivity contribution in [3.8, 4) is 0 Å². The third kappa shape index (κ3) is 3.18. The van der Waals surface area contributed by atoms with Crippen LogP contribution in [0.3, 0.4) is 0 Å². The standard InChI is InChI=1S/C24H24O14/c1-33-17(27)13-9-7-11(25)14(18(28)34-2)16(20(30)36-4)23(21(31)37-5)10(9)8-12(26)24(23,22(32)38-6)15(13)19(29)35-3/h9-10H,7-8H2,1-6H3. The molecule has 0 radical (unpaired) electrons. The molecule has 0 spiro atoms. The molecule has 3 aliphatic carbocycles. The summed E-state index contributed by atoms with van der Waals surface area (Å²) < 4.78 is 29.0. The molecule has 14 nitrogen and oxygen atoms in total. The molecule has 3 aliphatic rings. The molecule has 0 saturated heterocycles. The van der Waals surface area contributed by atoms with Gasteiger partial charge in [0.1, 0.15) is 11.0 Å². The van der Waals surface area contributed by atoms with Gasteiger partial charge < -0.3 is 28.4 Å². The van der Waals surface area contributed by atoms with E-state index in [1.165, 1.54) is 0 Å². The van der Waals surface area contributed by atoms with E-state index in [9.17, 15) is 38.4 Å². The van der Waals surface area contributed by atoms with Crippen LogP contribution in [0.1, 0.15) is 12.8 Å². The Morgan fingerprint density at radius 1 is 0.632 bits per heavy atom. The van der Waals surface area contributed by atoms with Gasteiger partial charge in [-0.1, -0.05) is 0 Å². The molecular weight excluding hydrogens is 512 g/mol. The zero-order valence-corrected chi connectivity index (χ0v) is 21.3. The Morgan fingerprint density at radius 3 is 1.61 bits per heavy atom. The van der Waals surface area contributed by atoms with Crippen LogP contribution in [0.2, 0.25) is 0 Å². The summed E-state index contributed by atoms with van der Waals surface area (Å²) in [6.07, 6.45) is -1.50. The number of rotatable bonds is 6. The topological polar surface area (TPSA) is 192 Å². The summed E-state index contributed by atoms with van der Waals surface area (Å²) in [5.41, 5.74) is -9.68. The molecule has 0 amide bonds. The number of ketones is 2. The molecule has 4 unspecified atom stereocenters. The zero-order chi connectivity index (χ0) is 28.7. The van der Waals surface area contributed by atoms with E-state index >= 15 is 0 Å². The lowest BCUT2D eigenvalue weighted by Crippen LogP contribution is -2.63. The second-order valence-corrected chi connectivity index (χ2v) is 8.51. The van der Waals surface area contributed by atoms with Gasteiger partial charge in [0.15, 0.2) is 17.0 Å². The maximum atomic E-state index is 14.0. The minimum Gasteiger partial charge on any atom is -0.468 e. The van der Waals surface area contributed by atoms with Crippen molar-refractivity contribution in [3.63, 3.8) is 0 Å². The molecule has 1 fully saturated rings. The van der Waals surface area contributed by atoms with Crippen molar-refractivity contribution in [2.75, 3.05) is 42.7 Å². The molecule has 3 rings (SSSR count). The first-order valence-corrected chi connectivity index (χ1v) is 11.0. The summed E-state index contributed by atoms with van der Waals surface area (Å²) in [6, 6.07) is 0. The van der Waals surface area contributed by atoms with Crippen LogP contribution >= 0.6 is 0 Å². The largest absolute Gasteiger partial charge is 0.468 e. The summed E-state index contributed by atoms with van der Waals surface area (Å²) in [7, 11) is 5.24. The normalized spacial score (nSPS) is 27.7. The van der Waals surface area contributed by atoms with E-state index < -0.39 is 105 Å². The third-order valence-electron chi connectivity index (χ3n) is 7.37. The Hall–Kier alpha value is -4.36. The molecule has 0 aromatic heterocycles. The van der Waals surface area contributed by atoms with Crippen molar-refractivity contribution in [2.24, 2.45) is 22.7 Å². The van der Waals surface area contributed by atoms with Crippen LogP contribution in [0, 0.1) is 22.7 Å². The summed E-state index contributed by atoms with van der Waals surface area (Å²) >= 11 is 0. The number of carbonyl (C=O) groups is 8. The van der Waals surface area contributed by atoms with E-state index in [1.807, 2.05) is 0 Å². The van der Waals surface area contributed by atoms with Crippen molar-refractivity contribution in [3.05, 3.63) is 22.3 Å². The Labute approximate surface area is 215 Å². The Kier molecular flexibility index (Phi) is 7.30. The fraction of sp³-hybridized carbons (Fsp3) is 0.500. The first-order valence-electron chi connectivity index (χ1n) is 11.0. The minimum atomic E-state index is -3.12. The molecule has 0 aromatic carbocycles. The van der Waals surface area contributed by atoms with Crippen molar-refractivity contribution < 1.29 is 66.8 Å². The molecule has 4 bridgehead atoms. The van der Waals surface area contributed by atoms with Gasteiger partial charge in [0.2, 0.25) is 0 Å². The highest BCUT2D eigenvalue weighted by Crippen LogP contribution is 2.71. The molecule has 0 N–H and O–H groups in total. The minimum absolute atomic E-state index is 0.621. The van der Waals surface area contributed by atoms with Gasteiger partial charge >= 0.3 is 35.8 Å². The fourth-order valence-electron chi connectivity index (χ4n) is 6.14. The molecule has 38 heavy (non-hydrogen) atoms. The van der Waals surface area contributed by atoms with Crippen LogP contribution in [0.5, 0.6) is 0 Å². The Balaban J connectivity index is 2.82. The van der Waals surface area contributed by atoms with E-state index in [0.717, 1.165) is 42.7 Å². The molecular formula is C24H24O14. The maximum absolute atomic E-state index is 14.0. The van der Waals surface area contributed by atoms with Crippen LogP contribution in [0.15, 0.2) is 22.3 Å². The van der Waals surface area contributed by atoms with Gasteiger partial charge in [0, 0.05) is 18.8 Å². The quantitative estimate of drug-likeness (QED) is 0.170. The molecule has 0 aromatic rings. The predicted octanol–water partition coefficient (Wildman–Crippen LogP) is -1.22. The molecule has 0 heterocycles. The first kappa shape index (κ1) is 28.2. The van der Waals surface area contributed by atoms with Crippen LogP contribution in [-0.2, 0) is 66.8 Å². The van der Waals surface area contributed by atoms with Crippen LogP contribution in [0.25, 0.3) is 0 Å². The third-order valence-corrected chi connectivity index (χ3v) is 7.37. The summed E-state index contributed by atoms with van der Waals surface area (Å²) in [5, 5.41) is 0.